The van der Waals surface area contributed by atoms with Gasteiger partial charge < -0.3 is 19.2 Å². The molecule has 0 saturated heterocycles. The first-order valence-corrected chi connectivity index (χ1v) is 7.55. The predicted octanol–water partition coefficient (Wildman–Crippen LogP) is 2.59. The average Bonchev–Trinajstić information content (AvgIpc) is 3.00. The van der Waals surface area contributed by atoms with Gasteiger partial charge in [-0.25, -0.2) is 4.98 Å². The van der Waals surface area contributed by atoms with E-state index in [4.69, 9.17) is 9.47 Å². The van der Waals surface area contributed by atoms with Crippen LogP contribution in [0.15, 0.2) is 42.7 Å². The molecule has 0 unspecified atom stereocenters. The van der Waals surface area contributed by atoms with E-state index in [0.29, 0.717) is 23.6 Å². The van der Waals surface area contributed by atoms with Crippen molar-refractivity contribution in [1.29, 1.82) is 0 Å². The van der Waals surface area contributed by atoms with E-state index in [9.17, 15) is 4.79 Å². The van der Waals surface area contributed by atoms with Crippen LogP contribution in [-0.4, -0.2) is 29.5 Å². The van der Waals surface area contributed by atoms with Gasteiger partial charge in [0, 0.05) is 18.0 Å². The summed E-state index contributed by atoms with van der Waals surface area (Å²) in [7, 11) is 3.10. The molecule has 3 rings (SSSR count). The van der Waals surface area contributed by atoms with Crippen LogP contribution in [0.3, 0.4) is 0 Å². The third-order valence-corrected chi connectivity index (χ3v) is 3.74. The minimum absolute atomic E-state index is 0.191. The summed E-state index contributed by atoms with van der Waals surface area (Å²) in [5, 5.41) is 2.87. The van der Waals surface area contributed by atoms with Crippen molar-refractivity contribution in [3.05, 3.63) is 59.5 Å². The molecule has 1 amide bonds. The van der Waals surface area contributed by atoms with Crippen molar-refractivity contribution < 1.29 is 14.3 Å². The van der Waals surface area contributed by atoms with Crippen molar-refractivity contribution in [2.75, 3.05) is 14.2 Å². The molecule has 0 saturated carbocycles. The van der Waals surface area contributed by atoms with Gasteiger partial charge in [-0.05, 0) is 42.8 Å². The van der Waals surface area contributed by atoms with Gasteiger partial charge in [0.15, 0.2) is 11.5 Å². The molecule has 0 radical (unpaired) electrons. The molecule has 0 bridgehead atoms. The zero-order chi connectivity index (χ0) is 17.1. The van der Waals surface area contributed by atoms with Crippen molar-refractivity contribution in [3.63, 3.8) is 0 Å². The number of nitrogens with one attached hydrogen (secondary N) is 1. The number of rotatable bonds is 5. The highest BCUT2D eigenvalue weighted by Gasteiger charge is 2.11. The number of hydrogen-bond acceptors (Lipinski definition) is 4. The minimum atomic E-state index is -0.191. The minimum Gasteiger partial charge on any atom is -0.493 e. The zero-order valence-electron chi connectivity index (χ0n) is 13.9. The largest absolute Gasteiger partial charge is 0.493 e. The van der Waals surface area contributed by atoms with Crippen molar-refractivity contribution in [2.24, 2.45) is 0 Å². The number of aromatic nitrogens is 2. The number of amides is 1. The third kappa shape index (κ3) is 3.17. The maximum Gasteiger partial charge on any atom is 0.251 e. The number of ether oxygens (including phenoxy) is 2. The maximum atomic E-state index is 12.3. The second-order valence-electron chi connectivity index (χ2n) is 5.45. The van der Waals surface area contributed by atoms with E-state index in [1.165, 1.54) is 7.11 Å². The first-order valence-electron chi connectivity index (χ1n) is 7.55. The van der Waals surface area contributed by atoms with Gasteiger partial charge in [0.1, 0.15) is 5.65 Å². The van der Waals surface area contributed by atoms with Gasteiger partial charge in [0.2, 0.25) is 0 Å². The Morgan fingerprint density at radius 2 is 1.96 bits per heavy atom. The highest BCUT2D eigenvalue weighted by atomic mass is 16.5. The molecule has 2 heterocycles. The van der Waals surface area contributed by atoms with Crippen LogP contribution in [0.5, 0.6) is 11.5 Å². The Balaban J connectivity index is 1.72. The molecule has 0 atom stereocenters. The van der Waals surface area contributed by atoms with E-state index in [1.54, 1.807) is 25.3 Å². The van der Waals surface area contributed by atoms with Gasteiger partial charge in [-0.1, -0.05) is 0 Å². The Morgan fingerprint density at radius 1 is 1.17 bits per heavy atom. The van der Waals surface area contributed by atoms with E-state index in [2.05, 4.69) is 10.3 Å². The summed E-state index contributed by atoms with van der Waals surface area (Å²) in [4.78, 5) is 16.8. The van der Waals surface area contributed by atoms with Crippen LogP contribution in [0.1, 0.15) is 21.6 Å². The van der Waals surface area contributed by atoms with Gasteiger partial charge in [0.25, 0.3) is 5.91 Å². The molecule has 2 aromatic heterocycles. The van der Waals surface area contributed by atoms with Crippen molar-refractivity contribution in [3.8, 4) is 11.5 Å². The molecule has 1 N–H and O–H groups in total. The van der Waals surface area contributed by atoms with E-state index in [1.807, 2.05) is 35.9 Å². The summed E-state index contributed by atoms with van der Waals surface area (Å²) < 4.78 is 12.3. The van der Waals surface area contributed by atoms with Gasteiger partial charge in [0.05, 0.1) is 26.5 Å². The number of aryl methyl sites for hydroxylation is 1. The van der Waals surface area contributed by atoms with Crippen molar-refractivity contribution in [2.45, 2.75) is 13.5 Å². The van der Waals surface area contributed by atoms with Crippen LogP contribution in [0.4, 0.5) is 0 Å². The van der Waals surface area contributed by atoms with E-state index in [0.717, 1.165) is 16.9 Å². The number of nitrogens with zero attached hydrogens (tertiary/aromatic N) is 2. The molecule has 1 aromatic carbocycles. The summed E-state index contributed by atoms with van der Waals surface area (Å²) in [6.07, 6.45) is 3.86. The molecule has 0 spiro atoms. The highest BCUT2D eigenvalue weighted by molar-refractivity contribution is 5.94. The number of imidazole rings is 1. The summed E-state index contributed by atoms with van der Waals surface area (Å²) >= 11 is 0. The average molecular weight is 325 g/mol. The molecule has 0 aliphatic rings. The quantitative estimate of drug-likeness (QED) is 0.783. The number of carbonyl (C=O) groups is 1. The van der Waals surface area contributed by atoms with Crippen LogP contribution >= 0.6 is 0 Å². The molecule has 6 heteroatoms. The van der Waals surface area contributed by atoms with Crippen molar-refractivity contribution in [1.82, 2.24) is 14.7 Å². The van der Waals surface area contributed by atoms with Crippen LogP contribution in [-0.2, 0) is 6.54 Å². The fraction of sp³-hybridized carbons (Fsp3) is 0.222. The van der Waals surface area contributed by atoms with E-state index < -0.39 is 0 Å². The van der Waals surface area contributed by atoms with Gasteiger partial charge >= 0.3 is 0 Å². The molecule has 0 fully saturated rings. The maximum absolute atomic E-state index is 12.3. The number of benzene rings is 1. The lowest BCUT2D eigenvalue weighted by Crippen LogP contribution is -2.23. The van der Waals surface area contributed by atoms with Crippen LogP contribution < -0.4 is 14.8 Å². The Hall–Kier alpha value is -3.02. The summed E-state index contributed by atoms with van der Waals surface area (Å²) in [5.41, 5.74) is 3.32. The predicted molar refractivity (Wildman–Crippen MR) is 90.6 cm³/mol. The van der Waals surface area contributed by atoms with Gasteiger partial charge in [-0.3, -0.25) is 4.79 Å². The lowest BCUT2D eigenvalue weighted by Gasteiger charge is -2.09. The number of fused-ring (bicyclic) bond motifs is 1. The first-order chi connectivity index (χ1) is 11.6. The van der Waals surface area contributed by atoms with Crippen LogP contribution in [0.2, 0.25) is 0 Å². The Kier molecular flexibility index (Phi) is 4.37. The second-order valence-corrected chi connectivity index (χ2v) is 5.45. The van der Waals surface area contributed by atoms with E-state index in [-0.39, 0.29) is 5.91 Å². The molecular formula is C18H19N3O3. The fourth-order valence-corrected chi connectivity index (χ4v) is 2.47. The van der Waals surface area contributed by atoms with Gasteiger partial charge in [-0.2, -0.15) is 0 Å². The Labute approximate surface area is 140 Å². The fourth-order valence-electron chi connectivity index (χ4n) is 2.47. The zero-order valence-corrected chi connectivity index (χ0v) is 13.9. The number of methoxy groups -OCH3 is 2. The Bertz CT molecular complexity index is 886. The molecule has 24 heavy (non-hydrogen) atoms. The Morgan fingerprint density at radius 3 is 2.71 bits per heavy atom. The smallest absolute Gasteiger partial charge is 0.251 e. The lowest BCUT2D eigenvalue weighted by molar-refractivity contribution is 0.0950. The lowest BCUT2D eigenvalue weighted by atomic mass is 10.2. The highest BCUT2D eigenvalue weighted by Crippen LogP contribution is 2.27. The molecule has 124 valence electrons. The molecule has 0 aliphatic carbocycles. The van der Waals surface area contributed by atoms with Crippen LogP contribution in [0.25, 0.3) is 5.65 Å². The third-order valence-electron chi connectivity index (χ3n) is 3.74. The first kappa shape index (κ1) is 15.9. The van der Waals surface area contributed by atoms with Gasteiger partial charge in [-0.15, -0.1) is 0 Å². The normalized spacial score (nSPS) is 10.6. The molecule has 3 aromatic rings. The topological polar surface area (TPSA) is 64.9 Å². The number of hydrogen-bond donors (Lipinski definition) is 1. The standard InChI is InChI=1S/C18H19N3O3/c1-12-6-7-21-11-14(20-17(21)8-12)10-19-18(22)13-4-5-15(23-2)16(9-13)24-3/h4-9,11H,10H2,1-3H3,(H,19,22). The molecular weight excluding hydrogens is 306 g/mol. The monoisotopic (exact) mass is 325 g/mol. The SMILES string of the molecule is COc1ccc(C(=O)NCc2cn3ccc(C)cc3n2)cc1OC. The molecule has 0 aliphatic heterocycles. The summed E-state index contributed by atoms with van der Waals surface area (Å²) in [5.74, 6) is 0.919. The van der Waals surface area contributed by atoms with Crippen LogP contribution in [0, 0.1) is 6.92 Å². The van der Waals surface area contributed by atoms with E-state index >= 15 is 0 Å². The number of pyridine rings is 1. The second kappa shape index (κ2) is 6.62. The summed E-state index contributed by atoms with van der Waals surface area (Å²) in [6.45, 7) is 2.38. The molecule has 6 nitrogen and oxygen atoms in total. The van der Waals surface area contributed by atoms with Crippen molar-refractivity contribution >= 4 is 11.6 Å². The number of carbonyl (C=O) groups excluding carboxylic acids is 1. The summed E-state index contributed by atoms with van der Waals surface area (Å²) in [6, 6.07) is 9.08.